The Hall–Kier alpha value is -2.11. The summed E-state index contributed by atoms with van der Waals surface area (Å²) in [6, 6.07) is 14.5. The summed E-state index contributed by atoms with van der Waals surface area (Å²) >= 11 is 0. The molecule has 1 aromatic carbocycles. The first kappa shape index (κ1) is 19.6. The van der Waals surface area contributed by atoms with Gasteiger partial charge in [0.25, 0.3) is 0 Å². The molecular weight excluding hydrogens is 338 g/mol. The smallest absolute Gasteiger partial charge is 0.220 e. The van der Waals surface area contributed by atoms with Gasteiger partial charge in [-0.1, -0.05) is 30.3 Å². The summed E-state index contributed by atoms with van der Waals surface area (Å²) in [7, 11) is 0. The minimum Gasteiger partial charge on any atom is -0.469 e. The number of furan rings is 1. The maximum absolute atomic E-state index is 11.8. The van der Waals surface area contributed by atoms with Crippen LogP contribution in [0, 0.1) is 0 Å². The van der Waals surface area contributed by atoms with E-state index in [1.165, 1.54) is 5.56 Å². The number of carbonyl (C=O) groups excluding carboxylic acids is 1. The van der Waals surface area contributed by atoms with E-state index in [4.69, 9.17) is 4.42 Å². The van der Waals surface area contributed by atoms with Crippen LogP contribution in [0.15, 0.2) is 53.1 Å². The van der Waals surface area contributed by atoms with Crippen LogP contribution < -0.4 is 5.32 Å². The number of amides is 1. The van der Waals surface area contributed by atoms with E-state index in [0.29, 0.717) is 12.8 Å². The Morgan fingerprint density at radius 1 is 0.963 bits per heavy atom. The van der Waals surface area contributed by atoms with Crippen molar-refractivity contribution in [3.8, 4) is 0 Å². The lowest BCUT2D eigenvalue weighted by Crippen LogP contribution is -2.46. The highest BCUT2D eigenvalue weighted by Crippen LogP contribution is 2.09. The van der Waals surface area contributed by atoms with E-state index in [1.807, 2.05) is 12.1 Å². The van der Waals surface area contributed by atoms with Gasteiger partial charge in [-0.3, -0.25) is 9.69 Å². The van der Waals surface area contributed by atoms with Crippen molar-refractivity contribution in [3.05, 3.63) is 60.1 Å². The maximum atomic E-state index is 11.8. The summed E-state index contributed by atoms with van der Waals surface area (Å²) in [5.74, 6) is 0.984. The Kier molecular flexibility index (Phi) is 7.93. The van der Waals surface area contributed by atoms with Crippen LogP contribution in [0.5, 0.6) is 0 Å². The van der Waals surface area contributed by atoms with Gasteiger partial charge in [-0.25, -0.2) is 0 Å². The van der Waals surface area contributed by atoms with Gasteiger partial charge >= 0.3 is 0 Å². The molecule has 0 bridgehead atoms. The highest BCUT2D eigenvalue weighted by atomic mass is 16.3. The third kappa shape index (κ3) is 7.19. The Balaban J connectivity index is 1.20. The van der Waals surface area contributed by atoms with Crippen molar-refractivity contribution in [2.75, 3.05) is 39.3 Å². The second-order valence-corrected chi connectivity index (χ2v) is 7.24. The van der Waals surface area contributed by atoms with Gasteiger partial charge in [0.2, 0.25) is 5.91 Å². The molecule has 0 atom stereocenters. The molecule has 0 saturated carbocycles. The molecule has 0 radical (unpaired) electrons. The number of carbonyl (C=O) groups is 1. The number of rotatable bonds is 10. The Labute approximate surface area is 162 Å². The fourth-order valence-corrected chi connectivity index (χ4v) is 3.48. The Morgan fingerprint density at radius 3 is 2.48 bits per heavy atom. The fraction of sp³-hybridized carbons (Fsp3) is 0.500. The number of hydrogen-bond donors (Lipinski definition) is 1. The topological polar surface area (TPSA) is 48.7 Å². The molecular formula is C22H31N3O2. The normalized spacial score (nSPS) is 15.7. The Bertz CT molecular complexity index is 649. The molecule has 0 aliphatic carbocycles. The van der Waals surface area contributed by atoms with E-state index in [0.717, 1.165) is 64.4 Å². The number of hydrogen-bond acceptors (Lipinski definition) is 4. The van der Waals surface area contributed by atoms with Crippen molar-refractivity contribution in [1.82, 2.24) is 15.1 Å². The fourth-order valence-electron chi connectivity index (χ4n) is 3.48. The molecule has 27 heavy (non-hydrogen) atoms. The largest absolute Gasteiger partial charge is 0.469 e. The lowest BCUT2D eigenvalue weighted by molar-refractivity contribution is -0.121. The zero-order valence-electron chi connectivity index (χ0n) is 16.1. The molecule has 1 saturated heterocycles. The van der Waals surface area contributed by atoms with Gasteiger partial charge in [0.05, 0.1) is 6.26 Å². The van der Waals surface area contributed by atoms with Gasteiger partial charge in [-0.05, 0) is 37.1 Å². The molecule has 2 aromatic rings. The molecule has 3 rings (SSSR count). The minimum atomic E-state index is 0.112. The summed E-state index contributed by atoms with van der Waals surface area (Å²) in [5.41, 5.74) is 1.40. The molecule has 1 aliphatic rings. The van der Waals surface area contributed by atoms with E-state index in [2.05, 4.69) is 45.4 Å². The number of benzene rings is 1. The van der Waals surface area contributed by atoms with E-state index in [1.54, 1.807) is 6.26 Å². The molecule has 0 unspecified atom stereocenters. The summed E-state index contributed by atoms with van der Waals surface area (Å²) in [5, 5.41) is 3.01. The molecule has 1 aliphatic heterocycles. The van der Waals surface area contributed by atoms with Crippen molar-refractivity contribution in [1.29, 1.82) is 0 Å². The van der Waals surface area contributed by atoms with Crippen molar-refractivity contribution >= 4 is 5.91 Å². The molecule has 146 valence electrons. The zero-order valence-corrected chi connectivity index (χ0v) is 16.1. The van der Waals surface area contributed by atoms with Gasteiger partial charge in [-0.2, -0.15) is 0 Å². The second-order valence-electron chi connectivity index (χ2n) is 7.24. The monoisotopic (exact) mass is 369 g/mol. The van der Waals surface area contributed by atoms with Gasteiger partial charge in [-0.15, -0.1) is 0 Å². The predicted molar refractivity (Wildman–Crippen MR) is 107 cm³/mol. The maximum Gasteiger partial charge on any atom is 0.220 e. The lowest BCUT2D eigenvalue weighted by atomic mass is 10.2. The van der Waals surface area contributed by atoms with E-state index >= 15 is 0 Å². The third-order valence-corrected chi connectivity index (χ3v) is 5.12. The highest BCUT2D eigenvalue weighted by Gasteiger charge is 2.16. The molecule has 0 spiro atoms. The molecule has 1 fully saturated rings. The molecule has 5 nitrogen and oxygen atoms in total. The molecule has 1 amide bonds. The second kappa shape index (κ2) is 10.9. The summed E-state index contributed by atoms with van der Waals surface area (Å²) in [6.07, 6.45) is 4.99. The van der Waals surface area contributed by atoms with Crippen LogP contribution >= 0.6 is 0 Å². The number of piperazine rings is 1. The van der Waals surface area contributed by atoms with Crippen LogP contribution in [-0.2, 0) is 17.8 Å². The average molecular weight is 370 g/mol. The summed E-state index contributed by atoms with van der Waals surface area (Å²) in [6.45, 7) is 7.51. The number of nitrogens with zero attached hydrogens (tertiary/aromatic N) is 2. The van der Waals surface area contributed by atoms with Crippen LogP contribution in [0.1, 0.15) is 30.6 Å². The van der Waals surface area contributed by atoms with Crippen molar-refractivity contribution < 1.29 is 9.21 Å². The van der Waals surface area contributed by atoms with E-state index in [9.17, 15) is 4.79 Å². The van der Waals surface area contributed by atoms with Gasteiger partial charge in [0.15, 0.2) is 0 Å². The quantitative estimate of drug-likeness (QED) is 0.654. The van der Waals surface area contributed by atoms with Crippen molar-refractivity contribution in [3.63, 3.8) is 0 Å². The van der Waals surface area contributed by atoms with Crippen LogP contribution in [-0.4, -0.2) is 55.0 Å². The van der Waals surface area contributed by atoms with Crippen LogP contribution in [0.2, 0.25) is 0 Å². The minimum absolute atomic E-state index is 0.112. The third-order valence-electron chi connectivity index (χ3n) is 5.12. The molecule has 5 heteroatoms. The van der Waals surface area contributed by atoms with E-state index < -0.39 is 0 Å². The van der Waals surface area contributed by atoms with Crippen molar-refractivity contribution in [2.45, 2.75) is 32.2 Å². The lowest BCUT2D eigenvalue weighted by Gasteiger charge is -2.34. The number of unbranched alkanes of at least 4 members (excludes halogenated alkanes) is 1. The van der Waals surface area contributed by atoms with Gasteiger partial charge < -0.3 is 14.6 Å². The molecule has 1 aromatic heterocycles. The van der Waals surface area contributed by atoms with E-state index in [-0.39, 0.29) is 5.91 Å². The molecule has 1 N–H and O–H groups in total. The highest BCUT2D eigenvalue weighted by molar-refractivity contribution is 5.75. The van der Waals surface area contributed by atoms with Gasteiger partial charge in [0.1, 0.15) is 5.76 Å². The summed E-state index contributed by atoms with van der Waals surface area (Å²) < 4.78 is 5.25. The SMILES string of the molecule is O=C(CCc1ccco1)NCCCCN1CCN(Cc2ccccc2)CC1. The zero-order chi connectivity index (χ0) is 18.7. The average Bonchev–Trinajstić information content (AvgIpc) is 3.22. The first-order chi connectivity index (χ1) is 13.3. The van der Waals surface area contributed by atoms with Crippen LogP contribution in [0.3, 0.4) is 0 Å². The number of nitrogens with one attached hydrogen (secondary N) is 1. The van der Waals surface area contributed by atoms with Gasteiger partial charge in [0, 0.05) is 52.1 Å². The van der Waals surface area contributed by atoms with Crippen LogP contribution in [0.25, 0.3) is 0 Å². The first-order valence-electron chi connectivity index (χ1n) is 10.1. The van der Waals surface area contributed by atoms with Crippen LogP contribution in [0.4, 0.5) is 0 Å². The standard InChI is InChI=1S/C22H31N3O2/c26-22(11-10-21-9-6-18-27-21)23-12-4-5-13-24-14-16-25(17-15-24)19-20-7-2-1-3-8-20/h1-3,6-9,18H,4-5,10-17,19H2,(H,23,26). The summed E-state index contributed by atoms with van der Waals surface area (Å²) in [4.78, 5) is 16.9. The van der Waals surface area contributed by atoms with Crippen molar-refractivity contribution in [2.24, 2.45) is 0 Å². The Morgan fingerprint density at radius 2 is 1.74 bits per heavy atom. The predicted octanol–water partition coefficient (Wildman–Crippen LogP) is 2.93. The molecule has 2 heterocycles. The number of aryl methyl sites for hydroxylation is 1. The first-order valence-corrected chi connectivity index (χ1v) is 10.1.